The van der Waals surface area contributed by atoms with E-state index in [1.807, 2.05) is 0 Å². The Bertz CT molecular complexity index is 151. The van der Waals surface area contributed by atoms with Gasteiger partial charge in [-0.2, -0.15) is 9.78 Å². The summed E-state index contributed by atoms with van der Waals surface area (Å²) in [5.74, 6) is -0.380. The SMILES string of the molecule is O=C(S)CC(=O)C1OO1. The number of carbonyl (C=O) groups excluding carboxylic acids is 2. The fourth-order valence-corrected chi connectivity index (χ4v) is 0.523. The third kappa shape index (κ3) is 2.13. The fraction of sp³-hybridized carbons (Fsp3) is 0.500. The summed E-state index contributed by atoms with van der Waals surface area (Å²) in [5, 5.41) is -0.473. The highest BCUT2D eigenvalue weighted by Gasteiger charge is 2.34. The number of Topliss-reactive ketones (excluding diaryl/α,β-unsaturated/α-hetero) is 1. The first-order valence-electron chi connectivity index (χ1n) is 2.27. The maximum atomic E-state index is 10.5. The van der Waals surface area contributed by atoms with Crippen LogP contribution in [0.5, 0.6) is 0 Å². The highest BCUT2D eigenvalue weighted by molar-refractivity contribution is 7.96. The number of carbonyl (C=O) groups is 2. The Morgan fingerprint density at radius 1 is 1.44 bits per heavy atom. The zero-order chi connectivity index (χ0) is 6.85. The van der Waals surface area contributed by atoms with Crippen LogP contribution in [0.1, 0.15) is 6.42 Å². The fourth-order valence-electron chi connectivity index (χ4n) is 0.367. The molecule has 0 atom stereocenters. The van der Waals surface area contributed by atoms with Crippen LogP contribution in [0.15, 0.2) is 0 Å². The van der Waals surface area contributed by atoms with E-state index in [9.17, 15) is 9.59 Å². The van der Waals surface area contributed by atoms with E-state index in [-0.39, 0.29) is 12.2 Å². The predicted octanol–water partition coefficient (Wildman–Crippen LogP) is -0.310. The molecule has 0 unspecified atom stereocenters. The molecule has 0 spiro atoms. The zero-order valence-electron chi connectivity index (χ0n) is 4.36. The first-order chi connectivity index (χ1) is 4.20. The van der Waals surface area contributed by atoms with Crippen molar-refractivity contribution in [1.29, 1.82) is 0 Å². The maximum Gasteiger partial charge on any atom is 0.282 e. The third-order valence-corrected chi connectivity index (χ3v) is 0.939. The van der Waals surface area contributed by atoms with E-state index < -0.39 is 11.4 Å². The molecule has 0 aromatic heterocycles. The van der Waals surface area contributed by atoms with Gasteiger partial charge in [0.25, 0.3) is 6.29 Å². The van der Waals surface area contributed by atoms with Gasteiger partial charge in [-0.25, -0.2) is 0 Å². The van der Waals surface area contributed by atoms with Crippen LogP contribution >= 0.6 is 12.6 Å². The van der Waals surface area contributed by atoms with Gasteiger partial charge in [-0.15, -0.1) is 12.6 Å². The lowest BCUT2D eigenvalue weighted by Gasteiger charge is -1.83. The normalized spacial score (nSPS) is 17.4. The number of hydrogen-bond donors (Lipinski definition) is 1. The van der Waals surface area contributed by atoms with Gasteiger partial charge in [-0.3, -0.25) is 9.59 Å². The molecular formula is C4H4O4S. The standard InChI is InChI=1S/C4H4O4S/c5-2(1-3(6)9)4-7-8-4/h4H,1H2,(H,6,9). The summed E-state index contributed by atoms with van der Waals surface area (Å²) in [7, 11) is 0. The Morgan fingerprint density at radius 2 is 2.00 bits per heavy atom. The van der Waals surface area contributed by atoms with E-state index in [1.54, 1.807) is 0 Å². The molecule has 0 saturated carbocycles. The molecular weight excluding hydrogens is 144 g/mol. The molecule has 0 aromatic carbocycles. The first-order valence-corrected chi connectivity index (χ1v) is 2.71. The molecule has 4 nitrogen and oxygen atoms in total. The maximum absolute atomic E-state index is 10.5. The van der Waals surface area contributed by atoms with Crippen LogP contribution in [0.25, 0.3) is 0 Å². The summed E-state index contributed by atoms with van der Waals surface area (Å²) in [4.78, 5) is 28.9. The van der Waals surface area contributed by atoms with Crippen molar-refractivity contribution in [2.45, 2.75) is 12.7 Å². The Labute approximate surface area is 56.5 Å². The van der Waals surface area contributed by atoms with Crippen molar-refractivity contribution < 1.29 is 19.4 Å². The van der Waals surface area contributed by atoms with Gasteiger partial charge < -0.3 is 0 Å². The van der Waals surface area contributed by atoms with Gasteiger partial charge in [-0.1, -0.05) is 0 Å². The Hall–Kier alpha value is -0.390. The van der Waals surface area contributed by atoms with Crippen molar-refractivity contribution in [2.24, 2.45) is 0 Å². The first kappa shape index (κ1) is 6.73. The van der Waals surface area contributed by atoms with Gasteiger partial charge in [0, 0.05) is 0 Å². The smallest absolute Gasteiger partial charge is 0.282 e. The number of ketones is 1. The highest BCUT2D eigenvalue weighted by Crippen LogP contribution is 2.14. The Balaban J connectivity index is 2.26. The Kier molecular flexibility index (Phi) is 1.84. The van der Waals surface area contributed by atoms with Gasteiger partial charge in [0.15, 0.2) is 5.12 Å². The van der Waals surface area contributed by atoms with Crippen LogP contribution in [0.4, 0.5) is 0 Å². The minimum absolute atomic E-state index is 0.228. The average Bonchev–Trinajstić information content (AvgIpc) is 2.40. The zero-order valence-corrected chi connectivity index (χ0v) is 5.26. The largest absolute Gasteiger partial charge is 0.293 e. The summed E-state index contributed by atoms with van der Waals surface area (Å²) in [6, 6.07) is 0. The van der Waals surface area contributed by atoms with Crippen molar-refractivity contribution in [3.8, 4) is 0 Å². The minimum atomic E-state index is -0.805. The summed E-state index contributed by atoms with van der Waals surface area (Å²) < 4.78 is 0. The quantitative estimate of drug-likeness (QED) is 0.258. The average molecular weight is 148 g/mol. The molecule has 1 fully saturated rings. The topological polar surface area (TPSA) is 59.2 Å². The monoisotopic (exact) mass is 148 g/mol. The van der Waals surface area contributed by atoms with Crippen LogP contribution in [0.2, 0.25) is 0 Å². The summed E-state index contributed by atoms with van der Waals surface area (Å²) >= 11 is 3.39. The summed E-state index contributed by atoms with van der Waals surface area (Å²) in [6.07, 6.45) is -1.03. The van der Waals surface area contributed by atoms with Crippen molar-refractivity contribution in [2.75, 3.05) is 0 Å². The van der Waals surface area contributed by atoms with E-state index in [0.717, 1.165) is 0 Å². The van der Waals surface area contributed by atoms with Gasteiger partial charge in [0.2, 0.25) is 5.78 Å². The Morgan fingerprint density at radius 3 is 2.33 bits per heavy atom. The molecule has 0 N–H and O–H groups in total. The van der Waals surface area contributed by atoms with Crippen LogP contribution in [0, 0.1) is 0 Å². The highest BCUT2D eigenvalue weighted by atomic mass is 32.1. The van der Waals surface area contributed by atoms with Crippen LogP contribution in [-0.4, -0.2) is 17.2 Å². The van der Waals surface area contributed by atoms with Gasteiger partial charge in [0.05, 0.1) is 6.42 Å². The van der Waals surface area contributed by atoms with Crippen LogP contribution in [-0.2, 0) is 19.4 Å². The van der Waals surface area contributed by atoms with Crippen molar-refractivity contribution in [3.05, 3.63) is 0 Å². The van der Waals surface area contributed by atoms with Gasteiger partial charge in [-0.05, 0) is 0 Å². The van der Waals surface area contributed by atoms with Gasteiger partial charge >= 0.3 is 0 Å². The molecule has 0 aliphatic carbocycles. The number of rotatable bonds is 3. The second-order valence-corrected chi connectivity index (χ2v) is 2.06. The van der Waals surface area contributed by atoms with Crippen LogP contribution < -0.4 is 0 Å². The number of hydrogen-bond acceptors (Lipinski definition) is 4. The lowest BCUT2D eigenvalue weighted by molar-refractivity contribution is -0.124. The molecule has 50 valence electrons. The van der Waals surface area contributed by atoms with E-state index >= 15 is 0 Å². The van der Waals surface area contributed by atoms with Crippen molar-refractivity contribution in [1.82, 2.24) is 0 Å². The molecule has 1 aliphatic heterocycles. The molecule has 1 aliphatic rings. The molecule has 0 amide bonds. The minimum Gasteiger partial charge on any atom is -0.293 e. The van der Waals surface area contributed by atoms with Crippen molar-refractivity contribution in [3.63, 3.8) is 0 Å². The lowest BCUT2D eigenvalue weighted by atomic mass is 10.3. The molecule has 9 heavy (non-hydrogen) atoms. The molecule has 0 bridgehead atoms. The van der Waals surface area contributed by atoms with E-state index in [2.05, 4.69) is 22.4 Å². The van der Waals surface area contributed by atoms with Crippen molar-refractivity contribution >= 4 is 23.5 Å². The molecule has 1 saturated heterocycles. The molecule has 5 heteroatoms. The van der Waals surface area contributed by atoms with E-state index in [1.165, 1.54) is 0 Å². The molecule has 1 heterocycles. The lowest BCUT2D eigenvalue weighted by Crippen LogP contribution is -2.08. The summed E-state index contributed by atoms with van der Waals surface area (Å²) in [6.45, 7) is 0. The summed E-state index contributed by atoms with van der Waals surface area (Å²) in [5.41, 5.74) is 0. The van der Waals surface area contributed by atoms with Crippen LogP contribution in [0.3, 0.4) is 0 Å². The van der Waals surface area contributed by atoms with Gasteiger partial charge in [0.1, 0.15) is 0 Å². The molecule has 0 aromatic rings. The third-order valence-electron chi connectivity index (χ3n) is 0.781. The predicted molar refractivity (Wildman–Crippen MR) is 29.6 cm³/mol. The second-order valence-electron chi connectivity index (χ2n) is 1.56. The molecule has 1 rings (SSSR count). The van der Waals surface area contributed by atoms with E-state index in [4.69, 9.17) is 0 Å². The number of thiol groups is 1. The van der Waals surface area contributed by atoms with E-state index in [0.29, 0.717) is 0 Å². The second kappa shape index (κ2) is 2.47. The molecule has 0 radical (unpaired) electrons.